The molecule has 5 heteroatoms. The highest BCUT2D eigenvalue weighted by Gasteiger charge is 2.45. The fourth-order valence-electron chi connectivity index (χ4n) is 2.96. The summed E-state index contributed by atoms with van der Waals surface area (Å²) in [6, 6.07) is 12.0. The van der Waals surface area contributed by atoms with Crippen LogP contribution in [0.4, 0.5) is 10.1 Å². The molecule has 1 aliphatic carbocycles. The number of hydrogen-bond donors (Lipinski definition) is 1. The van der Waals surface area contributed by atoms with Gasteiger partial charge in [0.25, 0.3) is 0 Å². The van der Waals surface area contributed by atoms with Crippen LogP contribution in [0.1, 0.15) is 17.9 Å². The maximum atomic E-state index is 13.8. The van der Waals surface area contributed by atoms with Crippen molar-refractivity contribution >= 4 is 11.6 Å². The number of benzene rings is 2. The minimum atomic E-state index is -0.243. The summed E-state index contributed by atoms with van der Waals surface area (Å²) < 4.78 is 24.7. The van der Waals surface area contributed by atoms with Crippen LogP contribution < -0.4 is 14.8 Å². The van der Waals surface area contributed by atoms with Gasteiger partial charge in [0.1, 0.15) is 19.0 Å². The Kier molecular flexibility index (Phi) is 3.41. The molecule has 0 radical (unpaired) electrons. The van der Waals surface area contributed by atoms with Crippen molar-refractivity contribution < 1.29 is 18.7 Å². The summed E-state index contributed by atoms with van der Waals surface area (Å²) in [5.41, 5.74) is 1.29. The number of amides is 1. The van der Waals surface area contributed by atoms with Crippen LogP contribution in [0.15, 0.2) is 42.5 Å². The first-order valence-corrected chi connectivity index (χ1v) is 7.67. The first-order chi connectivity index (χ1) is 11.2. The fourth-order valence-corrected chi connectivity index (χ4v) is 2.96. The van der Waals surface area contributed by atoms with E-state index in [0.29, 0.717) is 42.4 Å². The van der Waals surface area contributed by atoms with E-state index < -0.39 is 0 Å². The first-order valence-electron chi connectivity index (χ1n) is 7.67. The summed E-state index contributed by atoms with van der Waals surface area (Å²) in [4.78, 5) is 12.3. The van der Waals surface area contributed by atoms with Gasteiger partial charge in [-0.25, -0.2) is 4.39 Å². The molecule has 118 valence electrons. The molecule has 23 heavy (non-hydrogen) atoms. The molecule has 2 aromatic rings. The lowest BCUT2D eigenvalue weighted by atomic mass is 10.1. The van der Waals surface area contributed by atoms with Gasteiger partial charge in [-0.3, -0.25) is 4.79 Å². The second-order valence-electron chi connectivity index (χ2n) is 5.82. The molecule has 1 aliphatic heterocycles. The van der Waals surface area contributed by atoms with Crippen LogP contribution in [0.5, 0.6) is 11.5 Å². The lowest BCUT2D eigenvalue weighted by Crippen LogP contribution is -2.17. The van der Waals surface area contributed by atoms with Crippen molar-refractivity contribution in [3.8, 4) is 11.5 Å². The highest BCUT2D eigenvalue weighted by Crippen LogP contribution is 2.48. The Morgan fingerprint density at radius 1 is 1.09 bits per heavy atom. The van der Waals surface area contributed by atoms with Crippen LogP contribution in [0, 0.1) is 11.7 Å². The third-order valence-corrected chi connectivity index (χ3v) is 4.24. The predicted octanol–water partition coefficient (Wildman–Crippen LogP) is 3.34. The summed E-state index contributed by atoms with van der Waals surface area (Å²) in [6.45, 7) is 1.04. The van der Waals surface area contributed by atoms with E-state index in [2.05, 4.69) is 5.32 Å². The van der Waals surface area contributed by atoms with E-state index in [4.69, 9.17) is 9.47 Å². The Morgan fingerprint density at radius 2 is 1.87 bits per heavy atom. The number of rotatable bonds is 3. The third-order valence-electron chi connectivity index (χ3n) is 4.24. The molecule has 2 atom stereocenters. The zero-order valence-corrected chi connectivity index (χ0v) is 12.4. The number of anilines is 1. The number of ether oxygens (including phenoxy) is 2. The van der Waals surface area contributed by atoms with Gasteiger partial charge < -0.3 is 14.8 Å². The van der Waals surface area contributed by atoms with Crippen LogP contribution >= 0.6 is 0 Å². The van der Waals surface area contributed by atoms with Crippen molar-refractivity contribution in [2.24, 2.45) is 5.92 Å². The predicted molar refractivity (Wildman–Crippen MR) is 83.3 cm³/mol. The Labute approximate surface area is 133 Å². The van der Waals surface area contributed by atoms with Crippen molar-refractivity contribution in [2.45, 2.75) is 12.3 Å². The van der Waals surface area contributed by atoms with Crippen molar-refractivity contribution in [2.75, 3.05) is 18.5 Å². The molecule has 1 amide bonds. The molecule has 0 aromatic heterocycles. The molecule has 2 aromatic carbocycles. The van der Waals surface area contributed by atoms with Gasteiger partial charge >= 0.3 is 0 Å². The summed E-state index contributed by atoms with van der Waals surface area (Å²) in [7, 11) is 0. The molecule has 2 unspecified atom stereocenters. The van der Waals surface area contributed by atoms with Gasteiger partial charge in [0.2, 0.25) is 5.91 Å². The quantitative estimate of drug-likeness (QED) is 0.945. The van der Waals surface area contributed by atoms with E-state index in [1.807, 2.05) is 0 Å². The number of halogens is 1. The van der Waals surface area contributed by atoms with Crippen LogP contribution in [0.25, 0.3) is 0 Å². The van der Waals surface area contributed by atoms with Gasteiger partial charge in [-0.05, 0) is 36.1 Å². The fraction of sp³-hybridized carbons (Fsp3) is 0.278. The number of nitrogens with one attached hydrogen (secondary N) is 1. The van der Waals surface area contributed by atoms with Gasteiger partial charge in [0.05, 0.1) is 0 Å². The highest BCUT2D eigenvalue weighted by atomic mass is 19.1. The Hall–Kier alpha value is -2.56. The second kappa shape index (κ2) is 5.57. The molecule has 0 saturated heterocycles. The number of fused-ring (bicyclic) bond motifs is 1. The largest absolute Gasteiger partial charge is 0.486 e. The highest BCUT2D eigenvalue weighted by molar-refractivity contribution is 5.95. The zero-order valence-electron chi connectivity index (χ0n) is 12.4. The monoisotopic (exact) mass is 313 g/mol. The molecule has 2 aliphatic rings. The number of hydrogen-bond acceptors (Lipinski definition) is 3. The van der Waals surface area contributed by atoms with Crippen molar-refractivity contribution in [1.29, 1.82) is 0 Å². The van der Waals surface area contributed by atoms with E-state index in [1.54, 1.807) is 36.4 Å². The third kappa shape index (κ3) is 2.74. The van der Waals surface area contributed by atoms with E-state index >= 15 is 0 Å². The smallest absolute Gasteiger partial charge is 0.228 e. The second-order valence-corrected chi connectivity index (χ2v) is 5.82. The number of carbonyl (C=O) groups is 1. The van der Waals surface area contributed by atoms with E-state index in [-0.39, 0.29) is 23.6 Å². The lowest BCUT2D eigenvalue weighted by Gasteiger charge is -2.19. The van der Waals surface area contributed by atoms with Crippen molar-refractivity contribution in [3.63, 3.8) is 0 Å². The average Bonchev–Trinajstić information content (AvgIpc) is 3.36. The first kappa shape index (κ1) is 14.1. The molecular formula is C18H16FNO3. The molecule has 4 nitrogen and oxygen atoms in total. The van der Waals surface area contributed by atoms with E-state index in [9.17, 15) is 9.18 Å². The SMILES string of the molecule is O=C(Nc1ccc2c(c1)OCCO2)C1CC1c1ccccc1F. The molecule has 1 heterocycles. The van der Waals surface area contributed by atoms with Crippen LogP contribution in [0.3, 0.4) is 0 Å². The molecule has 0 bridgehead atoms. The zero-order chi connectivity index (χ0) is 15.8. The molecular weight excluding hydrogens is 297 g/mol. The van der Waals surface area contributed by atoms with Crippen molar-refractivity contribution in [3.05, 3.63) is 53.8 Å². The molecule has 1 saturated carbocycles. The van der Waals surface area contributed by atoms with Gasteiger partial charge in [-0.1, -0.05) is 18.2 Å². The van der Waals surface area contributed by atoms with E-state index in [1.165, 1.54) is 6.07 Å². The molecule has 1 fully saturated rings. The van der Waals surface area contributed by atoms with Gasteiger partial charge in [0, 0.05) is 17.7 Å². The standard InChI is InChI=1S/C18H16FNO3/c19-15-4-2-1-3-12(15)13-10-14(13)18(21)20-11-5-6-16-17(9-11)23-8-7-22-16/h1-6,9,13-14H,7-8,10H2,(H,20,21). The lowest BCUT2D eigenvalue weighted by molar-refractivity contribution is -0.117. The summed E-state index contributed by atoms with van der Waals surface area (Å²) >= 11 is 0. The average molecular weight is 313 g/mol. The van der Waals surface area contributed by atoms with E-state index in [0.717, 1.165) is 0 Å². The molecule has 4 rings (SSSR count). The van der Waals surface area contributed by atoms with Gasteiger partial charge in [-0.2, -0.15) is 0 Å². The Balaban J connectivity index is 1.44. The number of carbonyl (C=O) groups excluding carboxylic acids is 1. The van der Waals surface area contributed by atoms with Crippen LogP contribution in [0.2, 0.25) is 0 Å². The minimum Gasteiger partial charge on any atom is -0.486 e. The van der Waals surface area contributed by atoms with Crippen LogP contribution in [-0.4, -0.2) is 19.1 Å². The normalized spacial score (nSPS) is 21.6. The topological polar surface area (TPSA) is 47.6 Å². The summed E-state index contributed by atoms with van der Waals surface area (Å²) in [6.07, 6.45) is 0.678. The van der Waals surface area contributed by atoms with Gasteiger partial charge in [0.15, 0.2) is 11.5 Å². The maximum absolute atomic E-state index is 13.8. The minimum absolute atomic E-state index is 0.0339. The Morgan fingerprint density at radius 3 is 2.70 bits per heavy atom. The molecule has 0 spiro atoms. The van der Waals surface area contributed by atoms with Crippen LogP contribution in [-0.2, 0) is 4.79 Å². The summed E-state index contributed by atoms with van der Waals surface area (Å²) in [5, 5.41) is 2.88. The van der Waals surface area contributed by atoms with Gasteiger partial charge in [-0.15, -0.1) is 0 Å². The Bertz CT molecular complexity index is 762. The maximum Gasteiger partial charge on any atom is 0.228 e. The molecule has 1 N–H and O–H groups in total. The summed E-state index contributed by atoms with van der Waals surface area (Å²) in [5.74, 6) is 0.774. The van der Waals surface area contributed by atoms with Crippen molar-refractivity contribution in [1.82, 2.24) is 0 Å².